The van der Waals surface area contributed by atoms with Crippen LogP contribution in [0, 0.1) is 5.41 Å². The number of fused-ring (bicyclic) bond motifs is 1. The monoisotopic (exact) mass is 325 g/mol. The summed E-state index contributed by atoms with van der Waals surface area (Å²) in [7, 11) is 0. The van der Waals surface area contributed by atoms with Crippen LogP contribution in [0.15, 0.2) is 48.5 Å². The third-order valence-electron chi connectivity index (χ3n) is 4.05. The van der Waals surface area contributed by atoms with Gasteiger partial charge in [0.1, 0.15) is 11.3 Å². The first kappa shape index (κ1) is 16.5. The molecule has 1 heterocycles. The fraction of sp³-hybridized carbons (Fsp3) is 0.368. The highest BCUT2D eigenvalue weighted by atomic mass is 16.5. The minimum atomic E-state index is -0.617. The molecule has 0 radical (unpaired) electrons. The Balaban J connectivity index is 1.91. The van der Waals surface area contributed by atoms with Crippen LogP contribution < -0.4 is 4.74 Å². The standard InChI is InChI=1S/C19H23N3O2/c1-13(22-16-11-7-6-10-15(16)20-21-22)24-17-12-8-5-9-14(17)18(23)19(2,3)4/h5-13,18,23H,1-4H3. The normalized spacial score (nSPS) is 14.5. The van der Waals surface area contributed by atoms with Crippen LogP contribution in [0.4, 0.5) is 0 Å². The van der Waals surface area contributed by atoms with Gasteiger partial charge in [-0.25, -0.2) is 4.68 Å². The Labute approximate surface area is 141 Å². The Hall–Kier alpha value is -2.40. The number of para-hydroxylation sites is 2. The lowest BCUT2D eigenvalue weighted by atomic mass is 9.84. The van der Waals surface area contributed by atoms with Gasteiger partial charge in [-0.05, 0) is 30.5 Å². The van der Waals surface area contributed by atoms with Gasteiger partial charge in [-0.15, -0.1) is 5.10 Å². The molecule has 0 aliphatic rings. The fourth-order valence-corrected chi connectivity index (χ4v) is 2.67. The SMILES string of the molecule is CC(Oc1ccccc1C(O)C(C)(C)C)n1nnc2ccccc21. The Morgan fingerprint density at radius 1 is 1.04 bits per heavy atom. The molecule has 2 atom stereocenters. The molecule has 0 aliphatic heterocycles. The molecule has 0 spiro atoms. The highest BCUT2D eigenvalue weighted by molar-refractivity contribution is 5.73. The number of aliphatic hydroxyl groups excluding tert-OH is 1. The lowest BCUT2D eigenvalue weighted by Gasteiger charge is -2.28. The number of nitrogens with zero attached hydrogens (tertiary/aromatic N) is 3. The summed E-state index contributed by atoms with van der Waals surface area (Å²) < 4.78 is 7.86. The van der Waals surface area contributed by atoms with Gasteiger partial charge in [0.2, 0.25) is 0 Å². The van der Waals surface area contributed by atoms with Crippen LogP contribution in [0.1, 0.15) is 45.6 Å². The van der Waals surface area contributed by atoms with Crippen molar-refractivity contribution in [3.63, 3.8) is 0 Å². The van der Waals surface area contributed by atoms with Crippen LogP contribution in [-0.4, -0.2) is 20.1 Å². The van der Waals surface area contributed by atoms with Crippen molar-refractivity contribution in [2.45, 2.75) is 40.0 Å². The lowest BCUT2D eigenvalue weighted by Crippen LogP contribution is -2.20. The third-order valence-corrected chi connectivity index (χ3v) is 4.05. The molecule has 2 aromatic carbocycles. The van der Waals surface area contributed by atoms with Gasteiger partial charge in [0.25, 0.3) is 0 Å². The molecule has 24 heavy (non-hydrogen) atoms. The maximum absolute atomic E-state index is 10.6. The molecule has 0 saturated heterocycles. The maximum Gasteiger partial charge on any atom is 0.191 e. The van der Waals surface area contributed by atoms with Crippen LogP contribution in [0.3, 0.4) is 0 Å². The van der Waals surface area contributed by atoms with E-state index in [0.29, 0.717) is 5.75 Å². The summed E-state index contributed by atoms with van der Waals surface area (Å²) in [6.45, 7) is 7.93. The van der Waals surface area contributed by atoms with E-state index >= 15 is 0 Å². The van der Waals surface area contributed by atoms with E-state index < -0.39 is 6.10 Å². The van der Waals surface area contributed by atoms with Gasteiger partial charge < -0.3 is 9.84 Å². The van der Waals surface area contributed by atoms with Crippen LogP contribution in [-0.2, 0) is 0 Å². The molecular formula is C19H23N3O2. The molecule has 0 aliphatic carbocycles. The number of hydrogen-bond donors (Lipinski definition) is 1. The Bertz CT molecular complexity index is 836. The summed E-state index contributed by atoms with van der Waals surface area (Å²) in [6, 6.07) is 15.4. The van der Waals surface area contributed by atoms with Crippen LogP contribution >= 0.6 is 0 Å². The van der Waals surface area contributed by atoms with E-state index in [0.717, 1.165) is 16.6 Å². The van der Waals surface area contributed by atoms with E-state index in [4.69, 9.17) is 4.74 Å². The van der Waals surface area contributed by atoms with E-state index in [-0.39, 0.29) is 11.6 Å². The summed E-state index contributed by atoms with van der Waals surface area (Å²) >= 11 is 0. The molecular weight excluding hydrogens is 302 g/mol. The smallest absolute Gasteiger partial charge is 0.191 e. The summed E-state index contributed by atoms with van der Waals surface area (Å²) in [5, 5.41) is 19.0. The van der Waals surface area contributed by atoms with Crippen LogP contribution in [0.5, 0.6) is 5.75 Å². The minimum absolute atomic E-state index is 0.275. The first-order valence-electron chi connectivity index (χ1n) is 8.11. The average Bonchev–Trinajstić information content (AvgIpc) is 2.98. The molecule has 2 unspecified atom stereocenters. The average molecular weight is 325 g/mol. The van der Waals surface area contributed by atoms with Gasteiger partial charge >= 0.3 is 0 Å². The molecule has 1 aromatic heterocycles. The zero-order valence-corrected chi connectivity index (χ0v) is 14.5. The van der Waals surface area contributed by atoms with Gasteiger partial charge in [0.15, 0.2) is 6.23 Å². The van der Waals surface area contributed by atoms with Gasteiger partial charge in [-0.3, -0.25) is 0 Å². The number of ether oxygens (including phenoxy) is 1. The Kier molecular flexibility index (Phi) is 4.28. The van der Waals surface area contributed by atoms with Crippen molar-refractivity contribution in [3.05, 3.63) is 54.1 Å². The van der Waals surface area contributed by atoms with Crippen molar-refractivity contribution in [1.29, 1.82) is 0 Å². The molecule has 0 saturated carbocycles. The van der Waals surface area contributed by atoms with Crippen molar-refractivity contribution in [3.8, 4) is 5.75 Å². The van der Waals surface area contributed by atoms with Gasteiger partial charge in [-0.1, -0.05) is 56.3 Å². The van der Waals surface area contributed by atoms with Gasteiger partial charge in [0, 0.05) is 5.56 Å². The molecule has 3 aromatic rings. The number of benzene rings is 2. The van der Waals surface area contributed by atoms with Gasteiger partial charge in [-0.2, -0.15) is 0 Å². The quantitative estimate of drug-likeness (QED) is 0.784. The number of rotatable bonds is 4. The first-order valence-corrected chi connectivity index (χ1v) is 8.11. The van der Waals surface area contributed by atoms with Gasteiger partial charge in [0.05, 0.1) is 11.6 Å². The summed E-state index contributed by atoms with van der Waals surface area (Å²) in [5.74, 6) is 0.659. The number of aromatic nitrogens is 3. The van der Waals surface area contributed by atoms with E-state index in [1.54, 1.807) is 4.68 Å². The van der Waals surface area contributed by atoms with Crippen molar-refractivity contribution < 1.29 is 9.84 Å². The van der Waals surface area contributed by atoms with E-state index in [2.05, 4.69) is 10.3 Å². The highest BCUT2D eigenvalue weighted by Gasteiger charge is 2.27. The topological polar surface area (TPSA) is 60.2 Å². The van der Waals surface area contributed by atoms with E-state index in [9.17, 15) is 5.11 Å². The molecule has 0 bridgehead atoms. The minimum Gasteiger partial charge on any atom is -0.469 e. The van der Waals surface area contributed by atoms with E-state index in [1.165, 1.54) is 0 Å². The molecule has 3 rings (SSSR count). The maximum atomic E-state index is 10.6. The number of aliphatic hydroxyl groups is 1. The Morgan fingerprint density at radius 2 is 1.71 bits per heavy atom. The zero-order valence-electron chi connectivity index (χ0n) is 14.5. The second kappa shape index (κ2) is 6.24. The summed E-state index contributed by atoms with van der Waals surface area (Å²) in [6.07, 6.45) is -0.959. The predicted octanol–water partition coefficient (Wildman–Crippen LogP) is 4.11. The molecule has 5 nitrogen and oxygen atoms in total. The highest BCUT2D eigenvalue weighted by Crippen LogP contribution is 2.38. The summed E-state index contributed by atoms with van der Waals surface area (Å²) in [4.78, 5) is 0. The largest absolute Gasteiger partial charge is 0.469 e. The van der Waals surface area contributed by atoms with Crippen molar-refractivity contribution >= 4 is 11.0 Å². The predicted molar refractivity (Wildman–Crippen MR) is 93.7 cm³/mol. The van der Waals surface area contributed by atoms with Crippen molar-refractivity contribution in [2.75, 3.05) is 0 Å². The number of hydrogen-bond acceptors (Lipinski definition) is 4. The summed E-state index contributed by atoms with van der Waals surface area (Å²) in [5.41, 5.74) is 2.25. The second-order valence-corrected chi connectivity index (χ2v) is 7.05. The molecule has 0 fully saturated rings. The Morgan fingerprint density at radius 3 is 2.46 bits per heavy atom. The second-order valence-electron chi connectivity index (χ2n) is 7.05. The van der Waals surface area contributed by atoms with Crippen molar-refractivity contribution in [2.24, 2.45) is 5.41 Å². The van der Waals surface area contributed by atoms with E-state index in [1.807, 2.05) is 76.2 Å². The molecule has 5 heteroatoms. The van der Waals surface area contributed by atoms with Crippen LogP contribution in [0.2, 0.25) is 0 Å². The zero-order chi connectivity index (χ0) is 17.3. The molecule has 126 valence electrons. The lowest BCUT2D eigenvalue weighted by molar-refractivity contribution is 0.0551. The molecule has 1 N–H and O–H groups in total. The van der Waals surface area contributed by atoms with Crippen LogP contribution in [0.25, 0.3) is 11.0 Å². The molecule has 0 amide bonds. The van der Waals surface area contributed by atoms with Crippen molar-refractivity contribution in [1.82, 2.24) is 15.0 Å². The fourth-order valence-electron chi connectivity index (χ4n) is 2.67. The third kappa shape index (κ3) is 3.12. The first-order chi connectivity index (χ1) is 11.4.